The van der Waals surface area contributed by atoms with Gasteiger partial charge in [0.05, 0.1) is 23.5 Å². The molecule has 1 N–H and O–H groups in total. The number of aromatic nitrogens is 2. The number of para-hydroxylation sites is 2. The van der Waals surface area contributed by atoms with Crippen molar-refractivity contribution in [2.24, 2.45) is 0 Å². The fourth-order valence-electron chi connectivity index (χ4n) is 4.05. The molecule has 1 amide bonds. The van der Waals surface area contributed by atoms with Crippen molar-refractivity contribution in [3.05, 3.63) is 65.5 Å². The molecule has 0 aliphatic heterocycles. The predicted molar refractivity (Wildman–Crippen MR) is 125 cm³/mol. The average Bonchev–Trinajstić information content (AvgIpc) is 3.11. The van der Waals surface area contributed by atoms with E-state index in [0.29, 0.717) is 6.42 Å². The molecule has 1 unspecified atom stereocenters. The molecule has 1 atom stereocenters. The lowest BCUT2D eigenvalue weighted by Gasteiger charge is -2.17. The lowest BCUT2D eigenvalue weighted by molar-refractivity contribution is -0.121. The number of imidazole rings is 1. The minimum absolute atomic E-state index is 0.0370. The van der Waals surface area contributed by atoms with Crippen molar-refractivity contribution < 1.29 is 4.79 Å². The highest BCUT2D eigenvalue weighted by Gasteiger charge is 2.18. The van der Waals surface area contributed by atoms with Crippen LogP contribution in [0.4, 0.5) is 0 Å². The maximum atomic E-state index is 12.7. The summed E-state index contributed by atoms with van der Waals surface area (Å²) in [4.78, 5) is 17.6. The second-order valence-electron chi connectivity index (χ2n) is 8.27. The van der Waals surface area contributed by atoms with Gasteiger partial charge in [0, 0.05) is 6.54 Å². The number of aryl methyl sites for hydroxylation is 2. The third kappa shape index (κ3) is 5.71. The second kappa shape index (κ2) is 11.0. The van der Waals surface area contributed by atoms with Gasteiger partial charge in [0.15, 0.2) is 0 Å². The van der Waals surface area contributed by atoms with E-state index in [1.54, 1.807) is 0 Å². The van der Waals surface area contributed by atoms with Crippen LogP contribution in [0.1, 0.15) is 75.4 Å². The molecule has 0 saturated heterocycles. The van der Waals surface area contributed by atoms with Crippen LogP contribution in [0.3, 0.4) is 0 Å². The third-order valence-electron chi connectivity index (χ3n) is 5.80. The number of fused-ring (bicyclic) bond motifs is 1. The van der Waals surface area contributed by atoms with Crippen LogP contribution in [0.25, 0.3) is 11.0 Å². The van der Waals surface area contributed by atoms with Crippen LogP contribution < -0.4 is 5.32 Å². The van der Waals surface area contributed by atoms with E-state index in [1.807, 2.05) is 44.2 Å². The molecule has 3 aromatic rings. The topological polar surface area (TPSA) is 46.9 Å². The smallest absolute Gasteiger partial charge is 0.225 e. The molecule has 1 heterocycles. The third-order valence-corrected chi connectivity index (χ3v) is 5.80. The van der Waals surface area contributed by atoms with Crippen molar-refractivity contribution in [1.82, 2.24) is 14.9 Å². The van der Waals surface area contributed by atoms with Crippen molar-refractivity contribution in [3.8, 4) is 0 Å². The standard InChI is InChI=1S/C26H35N3O/c1-4-5-6-7-8-13-18-29-24-17-12-11-16-23(24)28-26(29)21(3)27-25(30)19-22-15-10-9-14-20(22)2/h9-12,14-17,21H,4-8,13,18-19H2,1-3H3,(H,27,30). The normalized spacial score (nSPS) is 12.2. The second-order valence-corrected chi connectivity index (χ2v) is 8.27. The number of carbonyl (C=O) groups excluding carboxylic acids is 1. The Balaban J connectivity index is 1.69. The zero-order valence-electron chi connectivity index (χ0n) is 18.7. The zero-order chi connectivity index (χ0) is 21.3. The number of carbonyl (C=O) groups is 1. The molecule has 3 rings (SSSR count). The molecule has 30 heavy (non-hydrogen) atoms. The number of unbranched alkanes of at least 4 members (excludes halogenated alkanes) is 5. The van der Waals surface area contributed by atoms with Gasteiger partial charge in [0.1, 0.15) is 5.82 Å². The van der Waals surface area contributed by atoms with Gasteiger partial charge in [-0.25, -0.2) is 4.98 Å². The van der Waals surface area contributed by atoms with Crippen LogP contribution in [0.2, 0.25) is 0 Å². The van der Waals surface area contributed by atoms with Crippen molar-refractivity contribution in [2.45, 2.75) is 78.3 Å². The zero-order valence-corrected chi connectivity index (χ0v) is 18.7. The van der Waals surface area contributed by atoms with Gasteiger partial charge in [0.25, 0.3) is 0 Å². The highest BCUT2D eigenvalue weighted by molar-refractivity contribution is 5.80. The largest absolute Gasteiger partial charge is 0.346 e. The lowest BCUT2D eigenvalue weighted by atomic mass is 10.1. The Labute approximate surface area is 180 Å². The van der Waals surface area contributed by atoms with Crippen LogP contribution >= 0.6 is 0 Å². The van der Waals surface area contributed by atoms with E-state index in [0.717, 1.165) is 41.0 Å². The molecule has 0 aliphatic rings. The van der Waals surface area contributed by atoms with E-state index in [-0.39, 0.29) is 11.9 Å². The van der Waals surface area contributed by atoms with Crippen LogP contribution in [0.5, 0.6) is 0 Å². The van der Waals surface area contributed by atoms with Crippen LogP contribution in [-0.2, 0) is 17.8 Å². The summed E-state index contributed by atoms with van der Waals surface area (Å²) in [5.41, 5.74) is 4.37. The number of amides is 1. The minimum Gasteiger partial charge on any atom is -0.346 e. The van der Waals surface area contributed by atoms with Crippen LogP contribution in [0, 0.1) is 6.92 Å². The molecule has 160 valence electrons. The number of hydrogen-bond donors (Lipinski definition) is 1. The molecule has 0 aliphatic carbocycles. The molecule has 0 bridgehead atoms. The molecule has 0 saturated carbocycles. The van der Waals surface area contributed by atoms with Crippen molar-refractivity contribution >= 4 is 16.9 Å². The van der Waals surface area contributed by atoms with Gasteiger partial charge in [-0.05, 0) is 43.5 Å². The lowest BCUT2D eigenvalue weighted by Crippen LogP contribution is -2.30. The first kappa shape index (κ1) is 22.1. The first-order chi connectivity index (χ1) is 14.6. The van der Waals surface area contributed by atoms with E-state index >= 15 is 0 Å². The molecule has 0 fully saturated rings. The molecular formula is C26H35N3O. The molecular weight excluding hydrogens is 370 g/mol. The minimum atomic E-state index is -0.131. The Morgan fingerprint density at radius 1 is 1.00 bits per heavy atom. The Bertz CT molecular complexity index is 960. The van der Waals surface area contributed by atoms with Crippen molar-refractivity contribution in [2.75, 3.05) is 0 Å². The summed E-state index contributed by atoms with van der Waals surface area (Å²) in [5, 5.41) is 3.17. The Morgan fingerprint density at radius 2 is 1.70 bits per heavy atom. The maximum absolute atomic E-state index is 12.7. The summed E-state index contributed by atoms with van der Waals surface area (Å²) < 4.78 is 2.30. The van der Waals surface area contributed by atoms with Gasteiger partial charge in [-0.1, -0.05) is 75.4 Å². The summed E-state index contributed by atoms with van der Waals surface area (Å²) in [6.07, 6.45) is 7.98. The molecule has 4 heteroatoms. The highest BCUT2D eigenvalue weighted by atomic mass is 16.1. The van der Waals surface area contributed by atoms with E-state index in [1.165, 1.54) is 32.1 Å². The summed E-state index contributed by atoms with van der Waals surface area (Å²) in [5.74, 6) is 0.984. The molecule has 4 nitrogen and oxygen atoms in total. The summed E-state index contributed by atoms with van der Waals surface area (Å²) in [6, 6.07) is 16.2. The van der Waals surface area contributed by atoms with Crippen molar-refractivity contribution in [3.63, 3.8) is 0 Å². The van der Waals surface area contributed by atoms with E-state index < -0.39 is 0 Å². The monoisotopic (exact) mass is 405 g/mol. The highest BCUT2D eigenvalue weighted by Crippen LogP contribution is 2.22. The quantitative estimate of drug-likeness (QED) is 0.390. The summed E-state index contributed by atoms with van der Waals surface area (Å²) in [7, 11) is 0. The number of rotatable bonds is 11. The number of nitrogens with zero attached hydrogens (tertiary/aromatic N) is 2. The number of nitrogens with one attached hydrogen (secondary N) is 1. The SMILES string of the molecule is CCCCCCCCn1c(C(C)NC(=O)Cc2ccccc2C)nc2ccccc21. The predicted octanol–water partition coefficient (Wildman–Crippen LogP) is 6.13. The molecule has 0 radical (unpaired) electrons. The average molecular weight is 406 g/mol. The van der Waals surface area contributed by atoms with Gasteiger partial charge in [0.2, 0.25) is 5.91 Å². The summed E-state index contributed by atoms with van der Waals surface area (Å²) in [6.45, 7) is 7.28. The fraction of sp³-hybridized carbons (Fsp3) is 0.462. The summed E-state index contributed by atoms with van der Waals surface area (Å²) >= 11 is 0. The van der Waals surface area contributed by atoms with E-state index in [4.69, 9.17) is 4.98 Å². The Kier molecular flexibility index (Phi) is 8.06. The van der Waals surface area contributed by atoms with Crippen molar-refractivity contribution in [1.29, 1.82) is 0 Å². The first-order valence-corrected chi connectivity index (χ1v) is 11.4. The molecule has 0 spiro atoms. The maximum Gasteiger partial charge on any atom is 0.225 e. The number of benzene rings is 2. The van der Waals surface area contributed by atoms with Gasteiger partial charge in [-0.2, -0.15) is 0 Å². The fourth-order valence-corrected chi connectivity index (χ4v) is 4.05. The van der Waals surface area contributed by atoms with Crippen LogP contribution in [0.15, 0.2) is 48.5 Å². The first-order valence-electron chi connectivity index (χ1n) is 11.4. The van der Waals surface area contributed by atoms with Gasteiger partial charge in [-0.3, -0.25) is 4.79 Å². The van der Waals surface area contributed by atoms with E-state index in [9.17, 15) is 4.79 Å². The Morgan fingerprint density at radius 3 is 2.50 bits per heavy atom. The number of hydrogen-bond acceptors (Lipinski definition) is 2. The van der Waals surface area contributed by atoms with Gasteiger partial charge >= 0.3 is 0 Å². The molecule has 2 aromatic carbocycles. The van der Waals surface area contributed by atoms with Gasteiger partial charge < -0.3 is 9.88 Å². The van der Waals surface area contributed by atoms with E-state index in [2.05, 4.69) is 35.0 Å². The Hall–Kier alpha value is -2.62. The molecule has 1 aromatic heterocycles. The van der Waals surface area contributed by atoms with Crippen LogP contribution in [-0.4, -0.2) is 15.5 Å². The van der Waals surface area contributed by atoms with Gasteiger partial charge in [-0.15, -0.1) is 0 Å².